The summed E-state index contributed by atoms with van der Waals surface area (Å²) in [7, 11) is 0. The molecule has 0 aliphatic heterocycles. The molecule has 1 aromatic rings. The Balaban J connectivity index is 2.03. The van der Waals surface area contributed by atoms with Crippen LogP contribution in [0, 0.1) is 0 Å². The molecular weight excluding hydrogens is 215 g/mol. The lowest BCUT2D eigenvalue weighted by Gasteiger charge is -2.08. The fourth-order valence-corrected chi connectivity index (χ4v) is 1.75. The van der Waals surface area contributed by atoms with Gasteiger partial charge in [-0.2, -0.15) is 0 Å². The smallest absolute Gasteiger partial charge is 0.127 e. The molecule has 0 aliphatic carbocycles. The summed E-state index contributed by atoms with van der Waals surface area (Å²) >= 11 is 0. The van der Waals surface area contributed by atoms with Crippen LogP contribution in [0.3, 0.4) is 0 Å². The molecule has 0 heterocycles. The number of hydrogen-bond acceptors (Lipinski definition) is 1. The Kier molecular flexibility index (Phi) is 7.65. The average Bonchev–Trinajstić information content (AvgIpc) is 2.38. The highest BCUT2D eigenvalue weighted by Gasteiger charge is 2.08. The number of halogens is 1. The molecule has 0 N–H and O–H groups in total. The normalized spacial score (nSPS) is 12.6. The van der Waals surface area contributed by atoms with Crippen LogP contribution in [-0.4, -0.2) is 13.2 Å². The lowest BCUT2D eigenvalue weighted by atomic mass is 10.1. The maximum atomic E-state index is 13.7. The molecule has 1 unspecified atom stereocenters. The molecule has 1 aromatic carbocycles. The summed E-state index contributed by atoms with van der Waals surface area (Å²) in [5.41, 5.74) is 0.752. The molecule has 0 aliphatic rings. The molecule has 0 fully saturated rings. The van der Waals surface area contributed by atoms with Gasteiger partial charge in [-0.3, -0.25) is 0 Å². The first-order valence-electron chi connectivity index (χ1n) is 6.61. The molecule has 2 heteroatoms. The van der Waals surface area contributed by atoms with Crippen molar-refractivity contribution in [1.29, 1.82) is 0 Å². The van der Waals surface area contributed by atoms with Crippen LogP contribution in [0.25, 0.3) is 0 Å². The molecule has 0 spiro atoms. The number of benzene rings is 1. The number of rotatable bonds is 9. The van der Waals surface area contributed by atoms with E-state index in [1.165, 1.54) is 19.3 Å². The van der Waals surface area contributed by atoms with Crippen LogP contribution in [0.1, 0.15) is 50.8 Å². The zero-order valence-corrected chi connectivity index (χ0v) is 10.7. The van der Waals surface area contributed by atoms with Gasteiger partial charge in [0.2, 0.25) is 0 Å². The third-order valence-electron chi connectivity index (χ3n) is 2.82. The maximum Gasteiger partial charge on any atom is 0.127 e. The third-order valence-corrected chi connectivity index (χ3v) is 2.82. The van der Waals surface area contributed by atoms with Crippen LogP contribution in [0.2, 0.25) is 0 Å². The summed E-state index contributed by atoms with van der Waals surface area (Å²) in [4.78, 5) is 0. The molecule has 0 saturated heterocycles. The second-order valence-corrected chi connectivity index (χ2v) is 4.34. The van der Waals surface area contributed by atoms with E-state index in [-0.39, 0.29) is 0 Å². The predicted molar refractivity (Wildman–Crippen MR) is 69.9 cm³/mol. The Morgan fingerprint density at radius 2 is 1.82 bits per heavy atom. The third kappa shape index (κ3) is 6.42. The minimum Gasteiger partial charge on any atom is -0.381 e. The van der Waals surface area contributed by atoms with Crippen LogP contribution in [0.15, 0.2) is 30.3 Å². The molecular formula is C15H23FO. The van der Waals surface area contributed by atoms with Crippen molar-refractivity contribution in [1.82, 2.24) is 0 Å². The predicted octanol–water partition coefficient (Wildman–Crippen LogP) is 4.68. The average molecular weight is 238 g/mol. The number of hydrogen-bond donors (Lipinski definition) is 0. The minimum atomic E-state index is -0.896. The molecule has 1 rings (SSSR count). The molecule has 0 aromatic heterocycles. The molecule has 0 amide bonds. The monoisotopic (exact) mass is 238 g/mol. The van der Waals surface area contributed by atoms with Gasteiger partial charge >= 0.3 is 0 Å². The van der Waals surface area contributed by atoms with Crippen LogP contribution < -0.4 is 0 Å². The lowest BCUT2D eigenvalue weighted by Crippen LogP contribution is -2.01. The van der Waals surface area contributed by atoms with E-state index in [9.17, 15) is 4.39 Å². The van der Waals surface area contributed by atoms with Crippen molar-refractivity contribution in [2.45, 2.75) is 45.2 Å². The van der Waals surface area contributed by atoms with Crippen LogP contribution >= 0.6 is 0 Å². The van der Waals surface area contributed by atoms with E-state index >= 15 is 0 Å². The zero-order valence-electron chi connectivity index (χ0n) is 10.7. The first kappa shape index (κ1) is 14.2. The van der Waals surface area contributed by atoms with Crippen molar-refractivity contribution in [3.05, 3.63) is 35.9 Å². The molecule has 0 bridgehead atoms. The van der Waals surface area contributed by atoms with Gasteiger partial charge in [0.05, 0.1) is 0 Å². The van der Waals surface area contributed by atoms with Gasteiger partial charge in [-0.05, 0) is 12.0 Å². The standard InChI is InChI=1S/C15H23FO/c1-2-3-4-8-12-17-13-11-15(16)14-9-6-5-7-10-14/h5-7,9-10,15H,2-4,8,11-13H2,1H3. The van der Waals surface area contributed by atoms with E-state index in [4.69, 9.17) is 4.74 Å². The van der Waals surface area contributed by atoms with Crippen molar-refractivity contribution >= 4 is 0 Å². The summed E-state index contributed by atoms with van der Waals surface area (Å²) in [6.07, 6.45) is 4.37. The summed E-state index contributed by atoms with van der Waals surface area (Å²) in [5.74, 6) is 0. The molecule has 1 nitrogen and oxygen atoms in total. The van der Waals surface area contributed by atoms with E-state index in [1.807, 2.05) is 30.3 Å². The van der Waals surface area contributed by atoms with Gasteiger partial charge in [0.25, 0.3) is 0 Å². The fraction of sp³-hybridized carbons (Fsp3) is 0.600. The van der Waals surface area contributed by atoms with Crippen molar-refractivity contribution in [2.75, 3.05) is 13.2 Å². The largest absolute Gasteiger partial charge is 0.381 e. The van der Waals surface area contributed by atoms with Gasteiger partial charge in [0.15, 0.2) is 0 Å². The topological polar surface area (TPSA) is 9.23 Å². The van der Waals surface area contributed by atoms with Crippen molar-refractivity contribution in [2.24, 2.45) is 0 Å². The Hall–Kier alpha value is -0.890. The van der Waals surface area contributed by atoms with Gasteiger partial charge < -0.3 is 4.74 Å². The summed E-state index contributed by atoms with van der Waals surface area (Å²) < 4.78 is 19.1. The minimum absolute atomic E-state index is 0.456. The summed E-state index contributed by atoms with van der Waals surface area (Å²) in [6, 6.07) is 9.29. The zero-order chi connectivity index (χ0) is 12.3. The number of unbranched alkanes of at least 4 members (excludes halogenated alkanes) is 3. The van der Waals surface area contributed by atoms with Gasteiger partial charge in [0.1, 0.15) is 6.17 Å². The number of alkyl halides is 1. The van der Waals surface area contributed by atoms with Gasteiger partial charge in [-0.1, -0.05) is 56.5 Å². The maximum absolute atomic E-state index is 13.7. The second kappa shape index (κ2) is 9.17. The Morgan fingerprint density at radius 3 is 2.53 bits per heavy atom. The second-order valence-electron chi connectivity index (χ2n) is 4.34. The number of ether oxygens (including phenoxy) is 1. The summed E-state index contributed by atoms with van der Waals surface area (Å²) in [6.45, 7) is 3.47. The Morgan fingerprint density at radius 1 is 1.06 bits per heavy atom. The van der Waals surface area contributed by atoms with Gasteiger partial charge in [-0.25, -0.2) is 4.39 Å². The molecule has 1 atom stereocenters. The Labute approximate surface area is 104 Å². The summed E-state index contributed by atoms with van der Waals surface area (Å²) in [5, 5.41) is 0. The van der Waals surface area contributed by atoms with Gasteiger partial charge in [0, 0.05) is 19.6 Å². The molecule has 0 radical (unpaired) electrons. The van der Waals surface area contributed by atoms with Gasteiger partial charge in [-0.15, -0.1) is 0 Å². The van der Waals surface area contributed by atoms with Crippen molar-refractivity contribution in [3.63, 3.8) is 0 Å². The SMILES string of the molecule is CCCCCCOCCC(F)c1ccccc1. The van der Waals surface area contributed by atoms with E-state index < -0.39 is 6.17 Å². The van der Waals surface area contributed by atoms with Crippen LogP contribution in [-0.2, 0) is 4.74 Å². The molecule has 96 valence electrons. The first-order valence-corrected chi connectivity index (χ1v) is 6.61. The Bertz CT molecular complexity index is 274. The fourth-order valence-electron chi connectivity index (χ4n) is 1.75. The van der Waals surface area contributed by atoms with E-state index in [1.54, 1.807) is 0 Å². The van der Waals surface area contributed by atoms with E-state index in [0.717, 1.165) is 18.6 Å². The quantitative estimate of drug-likeness (QED) is 0.567. The van der Waals surface area contributed by atoms with Crippen LogP contribution in [0.4, 0.5) is 4.39 Å². The van der Waals surface area contributed by atoms with Crippen LogP contribution in [0.5, 0.6) is 0 Å². The highest BCUT2D eigenvalue weighted by Crippen LogP contribution is 2.20. The van der Waals surface area contributed by atoms with E-state index in [2.05, 4.69) is 6.92 Å². The van der Waals surface area contributed by atoms with Crippen molar-refractivity contribution < 1.29 is 9.13 Å². The molecule has 0 saturated carbocycles. The molecule has 17 heavy (non-hydrogen) atoms. The lowest BCUT2D eigenvalue weighted by molar-refractivity contribution is 0.108. The highest BCUT2D eigenvalue weighted by molar-refractivity contribution is 5.17. The first-order chi connectivity index (χ1) is 8.34. The van der Waals surface area contributed by atoms with Crippen molar-refractivity contribution in [3.8, 4) is 0 Å². The van der Waals surface area contributed by atoms with E-state index in [0.29, 0.717) is 13.0 Å². The highest BCUT2D eigenvalue weighted by atomic mass is 19.1.